The van der Waals surface area contributed by atoms with E-state index in [1.54, 1.807) is 12.1 Å². The lowest BCUT2D eigenvalue weighted by molar-refractivity contribution is 0.251. The van der Waals surface area contributed by atoms with Gasteiger partial charge in [-0.05, 0) is 37.5 Å². The van der Waals surface area contributed by atoms with Crippen LogP contribution in [0.1, 0.15) is 34.1 Å². The van der Waals surface area contributed by atoms with Crippen LogP contribution >= 0.6 is 15.9 Å². The summed E-state index contributed by atoms with van der Waals surface area (Å²) in [6.45, 7) is 10.5. The number of benzene rings is 1. The Balaban J connectivity index is 2.39. The highest BCUT2D eigenvalue weighted by Gasteiger charge is 2.36. The number of hydrogen-bond acceptors (Lipinski definition) is 2. The second-order valence-corrected chi connectivity index (χ2v) is 7.25. The number of piperazine rings is 1. The van der Waals surface area contributed by atoms with Crippen molar-refractivity contribution in [2.75, 3.05) is 18.0 Å². The second-order valence-electron chi connectivity index (χ2n) is 6.33. The summed E-state index contributed by atoms with van der Waals surface area (Å²) in [5.74, 6) is 0.335. The van der Waals surface area contributed by atoms with Crippen molar-refractivity contribution in [3.8, 4) is 0 Å². The maximum atomic E-state index is 14.3. The van der Waals surface area contributed by atoms with Gasteiger partial charge >= 0.3 is 0 Å². The van der Waals surface area contributed by atoms with Crippen molar-refractivity contribution in [3.05, 3.63) is 28.5 Å². The normalized spacial score (nSPS) is 27.1. The molecule has 1 saturated heterocycles. The molecule has 4 heteroatoms. The first kappa shape index (κ1) is 15.8. The van der Waals surface area contributed by atoms with Gasteiger partial charge in [0.15, 0.2) is 0 Å². The van der Waals surface area contributed by atoms with Gasteiger partial charge in [0.25, 0.3) is 0 Å². The lowest BCUT2D eigenvalue weighted by Crippen LogP contribution is -2.64. The molecule has 0 saturated carbocycles. The molecule has 1 aromatic rings. The number of nitrogens with one attached hydrogen (secondary N) is 1. The highest BCUT2D eigenvalue weighted by atomic mass is 79.9. The van der Waals surface area contributed by atoms with Crippen molar-refractivity contribution in [1.82, 2.24) is 5.32 Å². The Labute approximate surface area is 129 Å². The first-order chi connectivity index (χ1) is 9.36. The van der Waals surface area contributed by atoms with Crippen LogP contribution in [0.2, 0.25) is 0 Å². The van der Waals surface area contributed by atoms with Crippen molar-refractivity contribution in [2.24, 2.45) is 5.92 Å². The summed E-state index contributed by atoms with van der Waals surface area (Å²) >= 11 is 3.46. The highest BCUT2D eigenvalue weighted by Crippen LogP contribution is 2.32. The maximum absolute atomic E-state index is 14.3. The van der Waals surface area contributed by atoms with E-state index in [0.29, 0.717) is 17.6 Å². The van der Waals surface area contributed by atoms with E-state index in [1.165, 1.54) is 0 Å². The molecule has 2 rings (SSSR count). The highest BCUT2D eigenvalue weighted by molar-refractivity contribution is 9.10. The fraction of sp³-hybridized carbons (Fsp3) is 0.625. The molecular formula is C16H24BrFN2. The van der Waals surface area contributed by atoms with Gasteiger partial charge in [0.2, 0.25) is 0 Å². The quantitative estimate of drug-likeness (QED) is 0.885. The molecule has 1 heterocycles. The summed E-state index contributed by atoms with van der Waals surface area (Å²) in [7, 11) is 0. The van der Waals surface area contributed by atoms with Crippen molar-refractivity contribution in [3.63, 3.8) is 0 Å². The monoisotopic (exact) mass is 342 g/mol. The van der Waals surface area contributed by atoms with E-state index in [0.717, 1.165) is 24.0 Å². The summed E-state index contributed by atoms with van der Waals surface area (Å²) in [5, 5.41) is 3.63. The van der Waals surface area contributed by atoms with Crippen LogP contribution < -0.4 is 10.2 Å². The average molecular weight is 343 g/mol. The third kappa shape index (κ3) is 3.17. The Kier molecular flexibility index (Phi) is 4.75. The minimum Gasteiger partial charge on any atom is -0.363 e. The molecule has 20 heavy (non-hydrogen) atoms. The molecule has 1 aliphatic heterocycles. The fourth-order valence-corrected chi connectivity index (χ4v) is 3.16. The smallest absolute Gasteiger partial charge is 0.146 e. The third-order valence-electron chi connectivity index (χ3n) is 4.43. The number of hydrogen-bond donors (Lipinski definition) is 1. The molecule has 0 amide bonds. The average Bonchev–Trinajstić information content (AvgIpc) is 2.41. The van der Waals surface area contributed by atoms with Crippen LogP contribution in [0.15, 0.2) is 22.7 Å². The van der Waals surface area contributed by atoms with Crippen LogP contribution in [-0.4, -0.2) is 24.7 Å². The molecule has 112 valence electrons. The van der Waals surface area contributed by atoms with Crippen LogP contribution in [0.5, 0.6) is 0 Å². The van der Waals surface area contributed by atoms with E-state index in [9.17, 15) is 4.39 Å². The summed E-state index contributed by atoms with van der Waals surface area (Å²) < 4.78 is 15.2. The van der Waals surface area contributed by atoms with Gasteiger partial charge in [-0.2, -0.15) is 0 Å². The van der Waals surface area contributed by atoms with Gasteiger partial charge in [0.05, 0.1) is 5.69 Å². The fourth-order valence-electron chi connectivity index (χ4n) is 2.81. The number of anilines is 1. The van der Waals surface area contributed by atoms with Gasteiger partial charge in [-0.1, -0.05) is 36.7 Å². The van der Waals surface area contributed by atoms with E-state index in [1.807, 2.05) is 6.07 Å². The van der Waals surface area contributed by atoms with Gasteiger partial charge in [-0.25, -0.2) is 4.39 Å². The number of nitrogens with zero attached hydrogens (tertiary/aromatic N) is 1. The second kappa shape index (κ2) is 6.02. The molecule has 1 N–H and O–H groups in total. The number of halogens is 2. The Morgan fingerprint density at radius 2 is 2.20 bits per heavy atom. The molecule has 2 nitrogen and oxygen atoms in total. The standard InChI is InChI=1S/C16H24BrFN2/c1-5-16(4)10-20(15(9-19-16)11(2)3)14-8-12(17)6-7-13(14)18/h6-8,11,15,19H,5,9-10H2,1-4H3. The van der Waals surface area contributed by atoms with Crippen LogP contribution in [-0.2, 0) is 0 Å². The Bertz CT molecular complexity index is 478. The Hall–Kier alpha value is -0.610. The molecule has 0 bridgehead atoms. The van der Waals surface area contributed by atoms with Crippen LogP contribution in [0, 0.1) is 11.7 Å². The Morgan fingerprint density at radius 1 is 1.50 bits per heavy atom. The molecule has 2 unspecified atom stereocenters. The van der Waals surface area contributed by atoms with E-state index < -0.39 is 0 Å². The molecule has 1 aliphatic rings. The predicted molar refractivity (Wildman–Crippen MR) is 86.8 cm³/mol. The van der Waals surface area contributed by atoms with E-state index >= 15 is 0 Å². The minimum absolute atomic E-state index is 0.0418. The van der Waals surface area contributed by atoms with E-state index in [2.05, 4.69) is 53.8 Å². The van der Waals surface area contributed by atoms with E-state index in [-0.39, 0.29) is 11.4 Å². The van der Waals surface area contributed by atoms with Gasteiger partial charge in [-0.3, -0.25) is 0 Å². The lowest BCUT2D eigenvalue weighted by atomic mass is 9.89. The maximum Gasteiger partial charge on any atom is 0.146 e. The molecule has 1 fully saturated rings. The zero-order valence-electron chi connectivity index (χ0n) is 12.7. The summed E-state index contributed by atoms with van der Waals surface area (Å²) in [4.78, 5) is 2.24. The van der Waals surface area contributed by atoms with Gasteiger partial charge in [0.1, 0.15) is 5.82 Å². The summed E-state index contributed by atoms with van der Waals surface area (Å²) in [6.07, 6.45) is 1.03. The van der Waals surface area contributed by atoms with E-state index in [4.69, 9.17) is 0 Å². The number of rotatable bonds is 3. The molecule has 0 aliphatic carbocycles. The first-order valence-electron chi connectivity index (χ1n) is 7.33. The largest absolute Gasteiger partial charge is 0.363 e. The van der Waals surface area contributed by atoms with Gasteiger partial charge < -0.3 is 10.2 Å². The zero-order chi connectivity index (χ0) is 14.9. The molecule has 0 spiro atoms. The van der Waals surface area contributed by atoms with Crippen LogP contribution in [0.3, 0.4) is 0 Å². The summed E-state index contributed by atoms with van der Waals surface area (Å²) in [6, 6.07) is 5.51. The first-order valence-corrected chi connectivity index (χ1v) is 8.12. The predicted octanol–water partition coefficient (Wildman–Crippen LogP) is 4.19. The lowest BCUT2D eigenvalue weighted by Gasteiger charge is -2.48. The molecule has 0 aromatic heterocycles. The van der Waals surface area contributed by atoms with Crippen LogP contribution in [0.4, 0.5) is 10.1 Å². The summed E-state index contributed by atoms with van der Waals surface area (Å²) in [5.41, 5.74) is 0.749. The van der Waals surface area contributed by atoms with Crippen LogP contribution in [0.25, 0.3) is 0 Å². The minimum atomic E-state index is -0.140. The van der Waals surface area contributed by atoms with Gasteiger partial charge in [0, 0.05) is 29.1 Å². The Morgan fingerprint density at radius 3 is 2.80 bits per heavy atom. The molecule has 0 radical (unpaired) electrons. The van der Waals surface area contributed by atoms with Gasteiger partial charge in [-0.15, -0.1) is 0 Å². The van der Waals surface area contributed by atoms with Crippen molar-refractivity contribution >= 4 is 21.6 Å². The SMILES string of the molecule is CCC1(C)CN(c2cc(Br)ccc2F)C(C(C)C)CN1. The zero-order valence-corrected chi connectivity index (χ0v) is 14.3. The van der Waals surface area contributed by atoms with Crippen molar-refractivity contribution < 1.29 is 4.39 Å². The molecule has 2 atom stereocenters. The van der Waals surface area contributed by atoms with Crippen molar-refractivity contribution in [2.45, 2.75) is 45.7 Å². The third-order valence-corrected chi connectivity index (χ3v) is 4.92. The van der Waals surface area contributed by atoms with Crippen molar-refractivity contribution in [1.29, 1.82) is 0 Å². The molecule has 1 aromatic carbocycles. The molecular weight excluding hydrogens is 319 g/mol. The topological polar surface area (TPSA) is 15.3 Å².